The fourth-order valence-electron chi connectivity index (χ4n) is 2.62. The predicted molar refractivity (Wildman–Crippen MR) is 117 cm³/mol. The Hall–Kier alpha value is -4.57. The molecule has 0 saturated heterocycles. The fourth-order valence-corrected chi connectivity index (χ4v) is 2.62. The van der Waals surface area contributed by atoms with Crippen LogP contribution in [0.1, 0.15) is 5.56 Å². The number of anilines is 2. The van der Waals surface area contributed by atoms with Gasteiger partial charge in [-0.25, -0.2) is 0 Å². The molecule has 0 fully saturated rings. The number of para-hydroxylation sites is 1. The van der Waals surface area contributed by atoms with E-state index in [2.05, 4.69) is 10.6 Å². The number of benzene rings is 3. The zero-order chi connectivity index (χ0) is 22.1. The summed E-state index contributed by atoms with van der Waals surface area (Å²) in [7, 11) is 0. The van der Waals surface area contributed by atoms with Gasteiger partial charge in [-0.1, -0.05) is 30.3 Å². The van der Waals surface area contributed by atoms with E-state index in [0.717, 1.165) is 0 Å². The van der Waals surface area contributed by atoms with Crippen molar-refractivity contribution in [2.24, 2.45) is 0 Å². The number of nitriles is 1. The van der Waals surface area contributed by atoms with Crippen molar-refractivity contribution in [3.05, 3.63) is 90.0 Å². The number of nitrogens with zero attached hydrogens (tertiary/aromatic N) is 1. The van der Waals surface area contributed by atoms with Crippen molar-refractivity contribution in [3.8, 4) is 17.6 Å². The number of amides is 2. The number of phenolic OH excluding ortho intramolecular Hbond substituents is 1. The van der Waals surface area contributed by atoms with Crippen molar-refractivity contribution in [2.75, 3.05) is 17.2 Å². The molecular formula is C24H19N3O4. The molecule has 31 heavy (non-hydrogen) atoms. The van der Waals surface area contributed by atoms with E-state index in [0.29, 0.717) is 22.7 Å². The average molecular weight is 413 g/mol. The summed E-state index contributed by atoms with van der Waals surface area (Å²) in [4.78, 5) is 24.4. The molecule has 7 heteroatoms. The van der Waals surface area contributed by atoms with Gasteiger partial charge in [0.1, 0.15) is 23.1 Å². The van der Waals surface area contributed by atoms with Crippen LogP contribution in [0.15, 0.2) is 84.4 Å². The molecule has 0 radical (unpaired) electrons. The minimum atomic E-state index is -0.582. The van der Waals surface area contributed by atoms with Crippen molar-refractivity contribution >= 4 is 29.3 Å². The van der Waals surface area contributed by atoms with Crippen LogP contribution in [0.2, 0.25) is 0 Å². The second kappa shape index (κ2) is 10.3. The highest BCUT2D eigenvalue weighted by atomic mass is 16.5. The van der Waals surface area contributed by atoms with Crippen LogP contribution in [-0.4, -0.2) is 23.5 Å². The summed E-state index contributed by atoms with van der Waals surface area (Å²) in [5.74, 6) is -0.392. The van der Waals surface area contributed by atoms with Gasteiger partial charge in [0.15, 0.2) is 6.61 Å². The number of hydrogen-bond donors (Lipinski definition) is 3. The van der Waals surface area contributed by atoms with Crippen molar-refractivity contribution in [3.63, 3.8) is 0 Å². The van der Waals surface area contributed by atoms with Crippen LogP contribution in [0.25, 0.3) is 6.08 Å². The lowest BCUT2D eigenvalue weighted by molar-refractivity contribution is -0.118. The monoisotopic (exact) mass is 413 g/mol. The Morgan fingerprint density at radius 2 is 1.65 bits per heavy atom. The fraction of sp³-hybridized carbons (Fsp3) is 0.0417. The van der Waals surface area contributed by atoms with Crippen LogP contribution >= 0.6 is 0 Å². The van der Waals surface area contributed by atoms with E-state index in [1.54, 1.807) is 36.4 Å². The van der Waals surface area contributed by atoms with Crippen LogP contribution in [0.5, 0.6) is 11.5 Å². The second-order valence-corrected chi connectivity index (χ2v) is 6.45. The SMILES string of the molecule is N#C/C(=C\c1cccc(OCC(=O)Nc2ccccc2)c1)C(=O)Nc1ccc(O)cc1. The van der Waals surface area contributed by atoms with E-state index in [9.17, 15) is 20.0 Å². The molecule has 0 heterocycles. The average Bonchev–Trinajstić information content (AvgIpc) is 2.78. The first kappa shape index (κ1) is 21.1. The minimum Gasteiger partial charge on any atom is -0.508 e. The molecule has 0 aliphatic rings. The van der Waals surface area contributed by atoms with Crippen LogP contribution in [-0.2, 0) is 9.59 Å². The van der Waals surface area contributed by atoms with Gasteiger partial charge in [0.05, 0.1) is 0 Å². The maximum atomic E-state index is 12.4. The first-order valence-corrected chi connectivity index (χ1v) is 9.33. The molecule has 0 spiro atoms. The Balaban J connectivity index is 1.63. The largest absolute Gasteiger partial charge is 0.508 e. The molecule has 3 N–H and O–H groups in total. The third-order valence-corrected chi connectivity index (χ3v) is 4.09. The number of carbonyl (C=O) groups excluding carboxylic acids is 2. The highest BCUT2D eigenvalue weighted by molar-refractivity contribution is 6.09. The van der Waals surface area contributed by atoms with E-state index in [4.69, 9.17) is 4.74 Å². The summed E-state index contributed by atoms with van der Waals surface area (Å²) in [6.45, 7) is -0.186. The second-order valence-electron chi connectivity index (χ2n) is 6.45. The van der Waals surface area contributed by atoms with Gasteiger partial charge in [-0.05, 0) is 60.2 Å². The summed E-state index contributed by atoms with van der Waals surface area (Å²) >= 11 is 0. The lowest BCUT2D eigenvalue weighted by Gasteiger charge is -2.08. The molecular weight excluding hydrogens is 394 g/mol. The molecule has 7 nitrogen and oxygen atoms in total. The van der Waals surface area contributed by atoms with Gasteiger partial charge < -0.3 is 20.5 Å². The standard InChI is InChI=1S/C24H19N3O4/c25-15-18(24(30)27-20-9-11-21(28)12-10-20)13-17-5-4-8-22(14-17)31-16-23(29)26-19-6-2-1-3-7-19/h1-14,28H,16H2,(H,26,29)(H,27,30)/b18-13+. The number of carbonyl (C=O) groups is 2. The summed E-state index contributed by atoms with van der Waals surface area (Å²) in [5, 5.41) is 24.0. The van der Waals surface area contributed by atoms with Crippen molar-refractivity contribution in [2.45, 2.75) is 0 Å². The van der Waals surface area contributed by atoms with Crippen LogP contribution in [0, 0.1) is 11.3 Å². The highest BCUT2D eigenvalue weighted by Crippen LogP contribution is 2.18. The molecule has 0 saturated carbocycles. The van der Waals surface area contributed by atoms with Gasteiger partial charge in [0, 0.05) is 11.4 Å². The van der Waals surface area contributed by atoms with E-state index in [-0.39, 0.29) is 23.8 Å². The summed E-state index contributed by atoms with van der Waals surface area (Å²) in [6.07, 6.45) is 1.42. The van der Waals surface area contributed by atoms with E-state index < -0.39 is 5.91 Å². The molecule has 3 aromatic carbocycles. The normalized spacial score (nSPS) is 10.6. The molecule has 0 unspecified atom stereocenters. The van der Waals surface area contributed by atoms with Gasteiger partial charge in [-0.15, -0.1) is 0 Å². The molecule has 0 aliphatic heterocycles. The lowest BCUT2D eigenvalue weighted by atomic mass is 10.1. The molecule has 0 aliphatic carbocycles. The quantitative estimate of drug-likeness (QED) is 0.308. The van der Waals surface area contributed by atoms with E-state index in [1.165, 1.54) is 30.3 Å². The number of ether oxygens (including phenoxy) is 1. The Labute approximate surface area is 179 Å². The molecule has 0 bridgehead atoms. The van der Waals surface area contributed by atoms with Crippen LogP contribution in [0.4, 0.5) is 11.4 Å². The first-order valence-electron chi connectivity index (χ1n) is 9.33. The number of rotatable bonds is 7. The smallest absolute Gasteiger partial charge is 0.266 e. The summed E-state index contributed by atoms with van der Waals surface area (Å²) in [6, 6.07) is 23.5. The molecule has 3 rings (SSSR count). The van der Waals surface area contributed by atoms with Gasteiger partial charge >= 0.3 is 0 Å². The van der Waals surface area contributed by atoms with Gasteiger partial charge in [-0.2, -0.15) is 5.26 Å². The molecule has 0 atom stereocenters. The number of phenols is 1. The van der Waals surface area contributed by atoms with Crippen LogP contribution in [0.3, 0.4) is 0 Å². The zero-order valence-corrected chi connectivity index (χ0v) is 16.4. The van der Waals surface area contributed by atoms with Crippen molar-refractivity contribution in [1.29, 1.82) is 5.26 Å². The molecule has 3 aromatic rings. The third kappa shape index (κ3) is 6.48. The third-order valence-electron chi connectivity index (χ3n) is 4.09. The Morgan fingerprint density at radius 1 is 0.935 bits per heavy atom. The molecule has 2 amide bonds. The Kier molecular flexibility index (Phi) is 7.01. The first-order chi connectivity index (χ1) is 15.0. The van der Waals surface area contributed by atoms with Gasteiger partial charge in [0.2, 0.25) is 0 Å². The van der Waals surface area contributed by atoms with Crippen molar-refractivity contribution < 1.29 is 19.4 Å². The lowest BCUT2D eigenvalue weighted by Crippen LogP contribution is -2.20. The van der Waals surface area contributed by atoms with E-state index >= 15 is 0 Å². The number of hydrogen-bond acceptors (Lipinski definition) is 5. The van der Waals surface area contributed by atoms with Crippen molar-refractivity contribution in [1.82, 2.24) is 0 Å². The van der Waals surface area contributed by atoms with Gasteiger partial charge in [0.25, 0.3) is 11.8 Å². The van der Waals surface area contributed by atoms with E-state index in [1.807, 2.05) is 24.3 Å². The number of aromatic hydroxyl groups is 1. The maximum absolute atomic E-state index is 12.4. The van der Waals surface area contributed by atoms with Gasteiger partial charge in [-0.3, -0.25) is 9.59 Å². The maximum Gasteiger partial charge on any atom is 0.266 e. The molecule has 0 aromatic heterocycles. The Bertz CT molecular complexity index is 1130. The topological polar surface area (TPSA) is 111 Å². The number of nitrogens with one attached hydrogen (secondary N) is 2. The predicted octanol–water partition coefficient (Wildman–Crippen LogP) is 3.96. The summed E-state index contributed by atoms with van der Waals surface area (Å²) in [5.41, 5.74) is 1.59. The zero-order valence-electron chi connectivity index (χ0n) is 16.4. The molecule has 154 valence electrons. The summed E-state index contributed by atoms with van der Waals surface area (Å²) < 4.78 is 5.51. The Morgan fingerprint density at radius 3 is 2.35 bits per heavy atom. The van der Waals surface area contributed by atoms with Crippen LogP contribution < -0.4 is 15.4 Å². The highest BCUT2D eigenvalue weighted by Gasteiger charge is 2.10. The minimum absolute atomic E-state index is 0.0725.